The molecule has 1 heterocycles. The molecule has 0 fully saturated rings. The molecule has 0 saturated heterocycles. The second kappa shape index (κ2) is 13.2. The highest BCUT2D eigenvalue weighted by atomic mass is 16.5. The summed E-state index contributed by atoms with van der Waals surface area (Å²) >= 11 is 0. The van der Waals surface area contributed by atoms with E-state index in [9.17, 15) is 0 Å². The molecule has 2 nitrogen and oxygen atoms in total. The summed E-state index contributed by atoms with van der Waals surface area (Å²) in [5.74, 6) is 0.978. The predicted molar refractivity (Wildman–Crippen MR) is 251 cm³/mol. The number of benzene rings is 9. The third-order valence-corrected chi connectivity index (χ3v) is 13.7. The summed E-state index contributed by atoms with van der Waals surface area (Å²) in [6, 6.07) is 75.8. The molecule has 0 aromatic heterocycles. The highest BCUT2D eigenvalue weighted by Crippen LogP contribution is 2.65. The maximum atomic E-state index is 7.32. The van der Waals surface area contributed by atoms with Gasteiger partial charge >= 0.3 is 0 Å². The summed E-state index contributed by atoms with van der Waals surface area (Å²) in [5, 5.41) is 2.49. The monoisotopic (exact) mass is 777 g/mol. The van der Waals surface area contributed by atoms with E-state index < -0.39 is 5.41 Å². The second-order valence-corrected chi connectivity index (χ2v) is 16.6. The lowest BCUT2D eigenvalue weighted by molar-refractivity contribution is 0.253. The van der Waals surface area contributed by atoms with Gasteiger partial charge in [0.25, 0.3) is 0 Å². The first-order chi connectivity index (χ1) is 30.3. The maximum Gasteiger partial charge on any atom is 0.149 e. The smallest absolute Gasteiger partial charge is 0.149 e. The number of nitrogens with zero attached hydrogens (tertiary/aromatic N) is 1. The number of allylic oxidation sites excluding steroid dienone is 2. The molecule has 0 amide bonds. The van der Waals surface area contributed by atoms with Gasteiger partial charge in [-0.25, -0.2) is 0 Å². The lowest BCUT2D eigenvalue weighted by Gasteiger charge is -2.36. The molecule has 1 aliphatic heterocycles. The first-order valence-electron chi connectivity index (χ1n) is 21.3. The van der Waals surface area contributed by atoms with Gasteiger partial charge in [-0.05, 0) is 102 Å². The Balaban J connectivity index is 1.04. The fourth-order valence-electron chi connectivity index (χ4n) is 11.2. The predicted octanol–water partition coefficient (Wildman–Crippen LogP) is 14.7. The van der Waals surface area contributed by atoms with Crippen LogP contribution in [0.15, 0.2) is 230 Å². The van der Waals surface area contributed by atoms with Gasteiger partial charge in [-0.15, -0.1) is 0 Å². The van der Waals surface area contributed by atoms with E-state index in [1.165, 1.54) is 83.1 Å². The van der Waals surface area contributed by atoms with Gasteiger partial charge in [0, 0.05) is 22.7 Å². The molecule has 9 aromatic rings. The van der Waals surface area contributed by atoms with Gasteiger partial charge in [-0.2, -0.15) is 0 Å². The fraction of sp³-hybridized carbons (Fsp3) is 0.0508. The average molecular weight is 778 g/mol. The summed E-state index contributed by atoms with van der Waals surface area (Å²) in [6.07, 6.45) is 6.63. The van der Waals surface area contributed by atoms with Crippen molar-refractivity contribution in [3.63, 3.8) is 0 Å². The van der Waals surface area contributed by atoms with E-state index in [0.29, 0.717) is 0 Å². The Morgan fingerprint density at radius 2 is 1.00 bits per heavy atom. The van der Waals surface area contributed by atoms with Crippen LogP contribution in [-0.4, -0.2) is 6.10 Å². The Morgan fingerprint density at radius 1 is 0.443 bits per heavy atom. The van der Waals surface area contributed by atoms with Crippen molar-refractivity contribution in [2.45, 2.75) is 17.4 Å². The Hall–Kier alpha value is -7.68. The fourth-order valence-corrected chi connectivity index (χ4v) is 11.2. The van der Waals surface area contributed by atoms with Gasteiger partial charge in [0.05, 0.1) is 16.8 Å². The third kappa shape index (κ3) is 4.79. The zero-order valence-corrected chi connectivity index (χ0v) is 33.4. The molecule has 0 saturated carbocycles. The molecular formula is C59H39NO. The topological polar surface area (TPSA) is 12.5 Å². The van der Waals surface area contributed by atoms with Crippen LogP contribution in [-0.2, 0) is 5.41 Å². The van der Waals surface area contributed by atoms with Crippen molar-refractivity contribution in [3.8, 4) is 50.3 Å². The number of fused-ring (bicyclic) bond motifs is 15. The minimum absolute atomic E-state index is 0.0276. The van der Waals surface area contributed by atoms with Crippen LogP contribution >= 0.6 is 0 Å². The molecule has 9 aromatic carbocycles. The molecule has 286 valence electrons. The summed E-state index contributed by atoms with van der Waals surface area (Å²) in [5.41, 5.74) is 19.4. The normalized spacial score (nSPS) is 16.8. The highest BCUT2D eigenvalue weighted by Gasteiger charge is 2.52. The SMILES string of the molecule is C1=CC2c3c(cc(-c4ccccc4)c4ccccc34)OC2C(N(c2ccc(-c3ccccc3)cc2)c2cccc3c2-c2ccccc2C32c3ccccc3-c3ccccc32)=C1. The number of anilines is 2. The average Bonchev–Trinajstić information content (AvgIpc) is 3.97. The first kappa shape index (κ1) is 34.2. The van der Waals surface area contributed by atoms with E-state index in [4.69, 9.17) is 4.74 Å². The summed E-state index contributed by atoms with van der Waals surface area (Å²) in [6.45, 7) is 0. The molecule has 0 radical (unpaired) electrons. The van der Waals surface area contributed by atoms with Crippen LogP contribution in [0.5, 0.6) is 5.75 Å². The van der Waals surface area contributed by atoms with E-state index in [1.807, 2.05) is 0 Å². The minimum Gasteiger partial charge on any atom is -0.483 e. The highest BCUT2D eigenvalue weighted by molar-refractivity contribution is 6.03. The number of hydrogen-bond acceptors (Lipinski definition) is 2. The molecule has 4 aliphatic rings. The quantitative estimate of drug-likeness (QED) is 0.173. The van der Waals surface area contributed by atoms with Crippen molar-refractivity contribution in [1.29, 1.82) is 0 Å². The van der Waals surface area contributed by atoms with Crippen LogP contribution in [0.25, 0.3) is 55.3 Å². The number of rotatable bonds is 5. The molecular weight excluding hydrogens is 739 g/mol. The van der Waals surface area contributed by atoms with E-state index in [-0.39, 0.29) is 12.0 Å². The minimum atomic E-state index is -0.450. The van der Waals surface area contributed by atoms with Crippen LogP contribution in [0.3, 0.4) is 0 Å². The van der Waals surface area contributed by atoms with Crippen LogP contribution in [0, 0.1) is 0 Å². The Morgan fingerprint density at radius 3 is 1.70 bits per heavy atom. The summed E-state index contributed by atoms with van der Waals surface area (Å²) in [4.78, 5) is 2.50. The second-order valence-electron chi connectivity index (χ2n) is 16.6. The molecule has 1 spiro atoms. The van der Waals surface area contributed by atoms with Gasteiger partial charge in [0.15, 0.2) is 0 Å². The molecule has 0 N–H and O–H groups in total. The van der Waals surface area contributed by atoms with E-state index in [1.54, 1.807) is 0 Å². The van der Waals surface area contributed by atoms with Crippen molar-refractivity contribution in [2.75, 3.05) is 4.90 Å². The van der Waals surface area contributed by atoms with Gasteiger partial charge < -0.3 is 9.64 Å². The van der Waals surface area contributed by atoms with Crippen molar-refractivity contribution in [2.24, 2.45) is 0 Å². The Bertz CT molecular complexity index is 3240. The Kier molecular flexibility index (Phi) is 7.38. The largest absolute Gasteiger partial charge is 0.483 e. The lowest BCUT2D eigenvalue weighted by Crippen LogP contribution is -2.33. The van der Waals surface area contributed by atoms with E-state index >= 15 is 0 Å². The van der Waals surface area contributed by atoms with Gasteiger partial charge in [-0.1, -0.05) is 194 Å². The van der Waals surface area contributed by atoms with Crippen molar-refractivity contribution >= 4 is 22.1 Å². The van der Waals surface area contributed by atoms with Crippen molar-refractivity contribution in [3.05, 3.63) is 258 Å². The molecule has 0 bridgehead atoms. The lowest BCUT2D eigenvalue weighted by atomic mass is 9.70. The summed E-state index contributed by atoms with van der Waals surface area (Å²) in [7, 11) is 0. The molecule has 2 heteroatoms. The zero-order valence-electron chi connectivity index (χ0n) is 33.4. The van der Waals surface area contributed by atoms with Crippen LogP contribution in [0.4, 0.5) is 11.4 Å². The standard InChI is InChI=1S/C59H39NO/c1-3-17-38(18-4-1)39-33-35-41(36-34-39)60(54-32-15-26-47-56-45-24-8-7-21-42(45)48(37-55(56)61-58(47)54)40-19-5-2-6-20-40)53-31-16-30-52-57(53)46-25-11-14-29-51(46)59(52)49-27-12-9-22-43(49)44-23-10-13-28-50(44)59/h1-37,47,58H. The van der Waals surface area contributed by atoms with Gasteiger partial charge in [0.2, 0.25) is 0 Å². The van der Waals surface area contributed by atoms with E-state index in [2.05, 4.69) is 229 Å². The number of ether oxygens (including phenoxy) is 1. The van der Waals surface area contributed by atoms with Crippen LogP contribution < -0.4 is 9.64 Å². The van der Waals surface area contributed by atoms with Gasteiger partial charge in [-0.3, -0.25) is 0 Å². The zero-order chi connectivity index (χ0) is 40.1. The van der Waals surface area contributed by atoms with E-state index in [0.717, 1.165) is 22.8 Å². The molecule has 2 atom stereocenters. The maximum absolute atomic E-state index is 7.32. The third-order valence-electron chi connectivity index (χ3n) is 13.7. The number of hydrogen-bond donors (Lipinski definition) is 0. The molecule has 2 unspecified atom stereocenters. The molecule has 3 aliphatic carbocycles. The Labute approximate surface area is 356 Å². The van der Waals surface area contributed by atoms with Gasteiger partial charge in [0.1, 0.15) is 11.9 Å². The van der Waals surface area contributed by atoms with Crippen molar-refractivity contribution < 1.29 is 4.74 Å². The van der Waals surface area contributed by atoms with Crippen LogP contribution in [0.1, 0.15) is 33.7 Å². The first-order valence-corrected chi connectivity index (χ1v) is 21.3. The van der Waals surface area contributed by atoms with Crippen LogP contribution in [0.2, 0.25) is 0 Å². The summed E-state index contributed by atoms with van der Waals surface area (Å²) < 4.78 is 7.32. The van der Waals surface area contributed by atoms with Crippen molar-refractivity contribution in [1.82, 2.24) is 0 Å². The molecule has 61 heavy (non-hydrogen) atoms. The molecule has 13 rings (SSSR count).